The van der Waals surface area contributed by atoms with Crippen molar-refractivity contribution < 1.29 is 18.0 Å². The molecule has 0 aliphatic rings. The molecule has 39 heavy (non-hydrogen) atoms. The van der Waals surface area contributed by atoms with E-state index in [2.05, 4.69) is 31.0 Å². The molecular weight excluding hydrogens is 509 g/mol. The van der Waals surface area contributed by atoms with Crippen LogP contribution in [0.1, 0.15) is 52.3 Å². The number of nitrogens with zero attached hydrogens (tertiary/aromatic N) is 6. The van der Waals surface area contributed by atoms with Gasteiger partial charge in [0, 0.05) is 36.7 Å². The van der Waals surface area contributed by atoms with E-state index in [1.807, 2.05) is 27.8 Å². The zero-order valence-corrected chi connectivity index (χ0v) is 22.7. The lowest BCUT2D eigenvalue weighted by Crippen LogP contribution is -2.21. The number of benzene rings is 1. The Balaban J connectivity index is 1.62. The van der Waals surface area contributed by atoms with Gasteiger partial charge < -0.3 is 10.6 Å². The van der Waals surface area contributed by atoms with Gasteiger partial charge in [-0.05, 0) is 62.6 Å². The van der Waals surface area contributed by atoms with Crippen LogP contribution in [-0.2, 0) is 19.8 Å². The minimum absolute atomic E-state index is 0.0523. The largest absolute Gasteiger partial charge is 0.416 e. The number of rotatable bonds is 8. The maximum absolute atomic E-state index is 13.8. The molecule has 1 aromatic carbocycles. The van der Waals surface area contributed by atoms with E-state index in [9.17, 15) is 18.0 Å². The average Bonchev–Trinajstić information content (AvgIpc) is 3.47. The summed E-state index contributed by atoms with van der Waals surface area (Å²) in [6, 6.07) is 4.11. The molecule has 0 unspecified atom stereocenters. The Morgan fingerprint density at radius 2 is 1.85 bits per heavy atom. The summed E-state index contributed by atoms with van der Waals surface area (Å²) in [6.07, 6.45) is 0.221. The van der Waals surface area contributed by atoms with E-state index in [-0.39, 0.29) is 23.4 Å². The molecule has 0 spiro atoms. The third-order valence-electron chi connectivity index (χ3n) is 6.52. The SMILES string of the molecule is Cc1ncc(C(=O)Nc2cc(CNCC(C)C)c(C)c(C(F)(F)F)c2)cc1-n1cc(-c2cnn(C)c2C)nn1. The van der Waals surface area contributed by atoms with Gasteiger partial charge in [0.05, 0.1) is 34.9 Å². The van der Waals surface area contributed by atoms with Crippen LogP contribution in [0.4, 0.5) is 18.9 Å². The summed E-state index contributed by atoms with van der Waals surface area (Å²) in [5.74, 6) is -0.252. The predicted molar refractivity (Wildman–Crippen MR) is 142 cm³/mol. The smallest absolute Gasteiger partial charge is 0.322 e. The highest BCUT2D eigenvalue weighted by molar-refractivity contribution is 6.04. The van der Waals surface area contributed by atoms with E-state index in [0.717, 1.165) is 17.3 Å². The maximum atomic E-state index is 13.8. The molecule has 0 saturated carbocycles. The number of aryl methyl sites for hydroxylation is 2. The van der Waals surface area contributed by atoms with Gasteiger partial charge in [0.2, 0.25) is 0 Å². The first kappa shape index (κ1) is 28.0. The number of aromatic nitrogens is 6. The molecule has 0 saturated heterocycles. The topological polar surface area (TPSA) is 103 Å². The first-order valence-electron chi connectivity index (χ1n) is 12.5. The Hall–Kier alpha value is -4.06. The van der Waals surface area contributed by atoms with Crippen LogP contribution >= 0.6 is 0 Å². The molecule has 3 aromatic heterocycles. The summed E-state index contributed by atoms with van der Waals surface area (Å²) in [5.41, 5.74) is 3.47. The number of hydrogen-bond donors (Lipinski definition) is 2. The Morgan fingerprint density at radius 1 is 1.10 bits per heavy atom. The second-order valence-electron chi connectivity index (χ2n) is 9.93. The third kappa shape index (κ3) is 6.17. The molecule has 2 N–H and O–H groups in total. The molecule has 0 aliphatic carbocycles. The van der Waals surface area contributed by atoms with Crippen molar-refractivity contribution in [1.82, 2.24) is 35.1 Å². The van der Waals surface area contributed by atoms with Gasteiger partial charge in [0.25, 0.3) is 5.91 Å². The van der Waals surface area contributed by atoms with Crippen molar-refractivity contribution in [2.75, 3.05) is 11.9 Å². The zero-order valence-electron chi connectivity index (χ0n) is 22.7. The summed E-state index contributed by atoms with van der Waals surface area (Å²) in [6.45, 7) is 10.1. The van der Waals surface area contributed by atoms with Crippen LogP contribution in [0, 0.1) is 26.7 Å². The molecule has 4 rings (SSSR count). The Morgan fingerprint density at radius 3 is 2.49 bits per heavy atom. The standard InChI is InChI=1S/C27H31F3N8O/c1-15(2)10-31-11-19-7-21(9-23(16(19)3)27(28,29)30)34-26(39)20-8-25(17(4)32-12-20)38-14-24(35-36-38)22-13-33-37(6)18(22)5/h7-9,12-15,31H,10-11H2,1-6H3,(H,34,39). The molecule has 206 valence electrons. The molecule has 9 nitrogen and oxygen atoms in total. The number of carbonyl (C=O) groups is 1. The number of alkyl halides is 3. The molecule has 1 amide bonds. The fourth-order valence-corrected chi connectivity index (χ4v) is 4.16. The number of anilines is 1. The molecule has 0 aliphatic heterocycles. The van der Waals surface area contributed by atoms with Crippen molar-refractivity contribution in [3.05, 3.63) is 70.4 Å². The first-order valence-corrected chi connectivity index (χ1v) is 12.5. The van der Waals surface area contributed by atoms with Gasteiger partial charge in [-0.15, -0.1) is 5.10 Å². The summed E-state index contributed by atoms with van der Waals surface area (Å²) >= 11 is 0. The lowest BCUT2D eigenvalue weighted by molar-refractivity contribution is -0.138. The summed E-state index contributed by atoms with van der Waals surface area (Å²) in [7, 11) is 1.83. The molecule has 3 heterocycles. The van der Waals surface area contributed by atoms with Gasteiger partial charge in [0.15, 0.2) is 0 Å². The van der Waals surface area contributed by atoms with Crippen LogP contribution in [0.2, 0.25) is 0 Å². The van der Waals surface area contributed by atoms with Gasteiger partial charge in [-0.2, -0.15) is 18.3 Å². The van der Waals surface area contributed by atoms with Crippen LogP contribution in [-0.4, -0.2) is 42.2 Å². The summed E-state index contributed by atoms with van der Waals surface area (Å²) < 4.78 is 44.6. The van der Waals surface area contributed by atoms with Crippen LogP contribution < -0.4 is 10.6 Å². The van der Waals surface area contributed by atoms with Crippen molar-refractivity contribution in [2.24, 2.45) is 13.0 Å². The van der Waals surface area contributed by atoms with Crippen LogP contribution in [0.15, 0.2) is 36.8 Å². The number of carbonyl (C=O) groups excluding carboxylic acids is 1. The van der Waals surface area contributed by atoms with E-state index >= 15 is 0 Å². The quantitative estimate of drug-likeness (QED) is 0.326. The van der Waals surface area contributed by atoms with Gasteiger partial charge in [-0.3, -0.25) is 14.5 Å². The second kappa shape index (κ2) is 11.0. The molecule has 0 radical (unpaired) electrons. The Labute approximate surface area is 224 Å². The van der Waals surface area contributed by atoms with Crippen LogP contribution in [0.3, 0.4) is 0 Å². The normalized spacial score (nSPS) is 11.8. The highest BCUT2D eigenvalue weighted by atomic mass is 19.4. The van der Waals surface area contributed by atoms with Crippen molar-refractivity contribution in [2.45, 2.75) is 47.3 Å². The van der Waals surface area contributed by atoms with Gasteiger partial charge in [-0.1, -0.05) is 19.1 Å². The highest BCUT2D eigenvalue weighted by Gasteiger charge is 2.34. The fourth-order valence-electron chi connectivity index (χ4n) is 4.16. The fraction of sp³-hybridized carbons (Fsp3) is 0.370. The van der Waals surface area contributed by atoms with E-state index < -0.39 is 17.6 Å². The van der Waals surface area contributed by atoms with Gasteiger partial charge in [0.1, 0.15) is 5.69 Å². The molecule has 12 heteroatoms. The Kier molecular flexibility index (Phi) is 7.86. The highest BCUT2D eigenvalue weighted by Crippen LogP contribution is 2.35. The zero-order chi connectivity index (χ0) is 28.5. The molecule has 0 fully saturated rings. The average molecular weight is 541 g/mol. The lowest BCUT2D eigenvalue weighted by Gasteiger charge is -2.18. The molecule has 4 aromatic rings. The van der Waals surface area contributed by atoms with Crippen molar-refractivity contribution in [3.8, 4) is 16.9 Å². The van der Waals surface area contributed by atoms with Crippen LogP contribution in [0.5, 0.6) is 0 Å². The monoisotopic (exact) mass is 540 g/mol. The first-order chi connectivity index (χ1) is 18.3. The number of nitrogens with one attached hydrogen (secondary N) is 2. The lowest BCUT2D eigenvalue weighted by atomic mass is 10.00. The van der Waals surface area contributed by atoms with Crippen molar-refractivity contribution in [1.29, 1.82) is 0 Å². The minimum atomic E-state index is -4.56. The number of hydrogen-bond acceptors (Lipinski definition) is 6. The van der Waals surface area contributed by atoms with Gasteiger partial charge in [-0.25, -0.2) is 4.68 Å². The van der Waals surface area contributed by atoms with E-state index in [4.69, 9.17) is 0 Å². The molecule has 0 bridgehead atoms. The molecular formula is C27H31F3N8O. The number of amides is 1. The summed E-state index contributed by atoms with van der Waals surface area (Å²) in [4.78, 5) is 17.5. The van der Waals surface area contributed by atoms with E-state index in [1.165, 1.54) is 17.8 Å². The molecule has 0 atom stereocenters. The summed E-state index contributed by atoms with van der Waals surface area (Å²) in [5, 5.41) is 18.4. The van der Waals surface area contributed by atoms with E-state index in [0.29, 0.717) is 35.1 Å². The Bertz CT molecular complexity index is 1500. The maximum Gasteiger partial charge on any atom is 0.416 e. The van der Waals surface area contributed by atoms with E-state index in [1.54, 1.807) is 36.1 Å². The second-order valence-corrected chi connectivity index (χ2v) is 9.93. The van der Waals surface area contributed by atoms with Crippen molar-refractivity contribution in [3.63, 3.8) is 0 Å². The third-order valence-corrected chi connectivity index (χ3v) is 6.52. The predicted octanol–water partition coefficient (Wildman–Crippen LogP) is 5.00. The minimum Gasteiger partial charge on any atom is -0.322 e. The van der Waals surface area contributed by atoms with Crippen molar-refractivity contribution >= 4 is 11.6 Å². The van der Waals surface area contributed by atoms with Gasteiger partial charge >= 0.3 is 6.18 Å². The number of halogens is 3. The number of pyridine rings is 1. The van der Waals surface area contributed by atoms with Crippen LogP contribution in [0.25, 0.3) is 16.9 Å².